The van der Waals surface area contributed by atoms with E-state index in [2.05, 4.69) is 22.0 Å². The fourth-order valence-electron chi connectivity index (χ4n) is 2.53. The fourth-order valence-corrected chi connectivity index (χ4v) is 3.36. The lowest BCUT2D eigenvalue weighted by Gasteiger charge is -2.30. The molecule has 1 aromatic heterocycles. The molecule has 0 N–H and O–H groups in total. The van der Waals surface area contributed by atoms with Gasteiger partial charge in [0.2, 0.25) is 5.91 Å². The van der Waals surface area contributed by atoms with Crippen LogP contribution < -0.4 is 4.90 Å². The van der Waals surface area contributed by atoms with Gasteiger partial charge in [-0.1, -0.05) is 12.1 Å². The van der Waals surface area contributed by atoms with E-state index < -0.39 is 5.82 Å². The Kier molecular flexibility index (Phi) is 5.40. The fraction of sp³-hybridized carbons (Fsp3) is 0.353. The van der Waals surface area contributed by atoms with Crippen molar-refractivity contribution in [3.63, 3.8) is 0 Å². The van der Waals surface area contributed by atoms with Crippen LogP contribution in [0.3, 0.4) is 0 Å². The molecule has 1 saturated heterocycles. The summed E-state index contributed by atoms with van der Waals surface area (Å²) in [4.78, 5) is 20.0. The molecule has 8 heteroatoms. The zero-order chi connectivity index (χ0) is 17.8. The lowest BCUT2D eigenvalue weighted by Crippen LogP contribution is -2.41. The number of benzene rings is 1. The average Bonchev–Trinajstić information content (AvgIpc) is 3.04. The van der Waals surface area contributed by atoms with Crippen molar-refractivity contribution in [2.75, 3.05) is 38.1 Å². The number of thiazole rings is 1. The number of anilines is 2. The Bertz CT molecular complexity index is 770. The SMILES string of the molecule is CC(=O)N(c1nc(/C=N\N2CCN(C)CC2)cs1)c1ccccc1F. The van der Waals surface area contributed by atoms with E-state index >= 15 is 0 Å². The molecule has 0 unspecified atom stereocenters. The molecule has 1 aliphatic rings. The number of amides is 1. The first-order valence-corrected chi connectivity index (χ1v) is 8.91. The molecule has 3 rings (SSSR count). The standard InChI is InChI=1S/C17H20FN5OS/c1-13(24)23(16-6-4-3-5-15(16)18)17-20-14(12-25-17)11-19-22-9-7-21(2)8-10-22/h3-6,11-12H,7-10H2,1-2H3/b19-11-. The summed E-state index contributed by atoms with van der Waals surface area (Å²) in [5.74, 6) is -0.748. The third kappa shape index (κ3) is 4.21. The van der Waals surface area contributed by atoms with Gasteiger partial charge in [-0.2, -0.15) is 5.10 Å². The quantitative estimate of drug-likeness (QED) is 0.786. The van der Waals surface area contributed by atoms with Gasteiger partial charge in [0.1, 0.15) is 5.82 Å². The van der Waals surface area contributed by atoms with E-state index in [9.17, 15) is 9.18 Å². The molecule has 0 radical (unpaired) electrons. The zero-order valence-corrected chi connectivity index (χ0v) is 15.0. The van der Waals surface area contributed by atoms with E-state index in [0.29, 0.717) is 10.8 Å². The normalized spacial score (nSPS) is 15.7. The summed E-state index contributed by atoms with van der Waals surface area (Å²) in [7, 11) is 2.09. The van der Waals surface area contributed by atoms with E-state index in [0.717, 1.165) is 26.2 Å². The van der Waals surface area contributed by atoms with Gasteiger partial charge in [-0.3, -0.25) is 14.7 Å². The molecule has 0 bridgehead atoms. The highest BCUT2D eigenvalue weighted by Gasteiger charge is 2.20. The van der Waals surface area contributed by atoms with E-state index in [-0.39, 0.29) is 11.6 Å². The van der Waals surface area contributed by atoms with E-state index in [1.165, 1.54) is 29.2 Å². The van der Waals surface area contributed by atoms with Gasteiger partial charge in [0.05, 0.1) is 17.6 Å². The van der Waals surface area contributed by atoms with Crippen LogP contribution >= 0.6 is 11.3 Å². The van der Waals surface area contributed by atoms with E-state index in [1.807, 2.05) is 10.4 Å². The van der Waals surface area contributed by atoms with Crippen LogP contribution in [0.15, 0.2) is 34.7 Å². The molecule has 2 aromatic rings. The van der Waals surface area contributed by atoms with Crippen LogP contribution in [0.5, 0.6) is 0 Å². The number of halogens is 1. The van der Waals surface area contributed by atoms with Gasteiger partial charge >= 0.3 is 0 Å². The van der Waals surface area contributed by atoms with Gasteiger partial charge < -0.3 is 4.90 Å². The van der Waals surface area contributed by atoms with Crippen molar-refractivity contribution in [2.45, 2.75) is 6.92 Å². The Labute approximate surface area is 150 Å². The molecule has 0 spiro atoms. The van der Waals surface area contributed by atoms with Gasteiger partial charge in [0, 0.05) is 38.5 Å². The second-order valence-electron chi connectivity index (χ2n) is 5.86. The third-order valence-corrected chi connectivity index (χ3v) is 4.79. The van der Waals surface area contributed by atoms with Crippen LogP contribution in [-0.2, 0) is 4.79 Å². The van der Waals surface area contributed by atoms with E-state index in [4.69, 9.17) is 0 Å². The van der Waals surface area contributed by atoms with Crippen molar-refractivity contribution in [2.24, 2.45) is 5.10 Å². The van der Waals surface area contributed by atoms with Crippen LogP contribution in [0.25, 0.3) is 0 Å². The Morgan fingerprint density at radius 1 is 1.32 bits per heavy atom. The second-order valence-corrected chi connectivity index (χ2v) is 6.70. The van der Waals surface area contributed by atoms with Crippen molar-refractivity contribution in [1.82, 2.24) is 14.9 Å². The molecular weight excluding hydrogens is 341 g/mol. The number of para-hydroxylation sites is 1. The summed E-state index contributed by atoms with van der Waals surface area (Å²) < 4.78 is 14.1. The molecule has 25 heavy (non-hydrogen) atoms. The van der Waals surface area contributed by atoms with Crippen LogP contribution in [0.2, 0.25) is 0 Å². The monoisotopic (exact) mass is 361 g/mol. The van der Waals surface area contributed by atoms with Crippen molar-refractivity contribution >= 4 is 34.3 Å². The maximum absolute atomic E-state index is 14.1. The molecular formula is C17H20FN5OS. The first kappa shape index (κ1) is 17.5. The second kappa shape index (κ2) is 7.71. The molecule has 1 aliphatic heterocycles. The van der Waals surface area contributed by atoms with Crippen molar-refractivity contribution in [3.05, 3.63) is 41.2 Å². The highest BCUT2D eigenvalue weighted by atomic mass is 32.1. The average molecular weight is 361 g/mol. The van der Waals surface area contributed by atoms with Crippen molar-refractivity contribution < 1.29 is 9.18 Å². The van der Waals surface area contributed by atoms with Crippen LogP contribution in [0, 0.1) is 5.82 Å². The molecule has 1 aromatic carbocycles. The van der Waals surface area contributed by atoms with Gasteiger partial charge in [0.15, 0.2) is 5.13 Å². The molecule has 132 valence electrons. The number of piperazine rings is 1. The van der Waals surface area contributed by atoms with Crippen molar-refractivity contribution in [3.8, 4) is 0 Å². The summed E-state index contributed by atoms with van der Waals surface area (Å²) in [6, 6.07) is 6.18. The number of aromatic nitrogens is 1. The van der Waals surface area contributed by atoms with Crippen LogP contribution in [0.4, 0.5) is 15.2 Å². The highest BCUT2D eigenvalue weighted by Crippen LogP contribution is 2.30. The number of nitrogens with zero attached hydrogens (tertiary/aromatic N) is 5. The molecule has 0 atom stereocenters. The topological polar surface area (TPSA) is 52.0 Å². The number of hydrogen-bond acceptors (Lipinski definition) is 6. The predicted molar refractivity (Wildman–Crippen MR) is 98.0 cm³/mol. The first-order chi connectivity index (χ1) is 12.0. The number of rotatable bonds is 4. The molecule has 1 amide bonds. The Balaban J connectivity index is 1.77. The first-order valence-electron chi connectivity index (χ1n) is 8.03. The molecule has 2 heterocycles. The highest BCUT2D eigenvalue weighted by molar-refractivity contribution is 7.14. The summed E-state index contributed by atoms with van der Waals surface area (Å²) in [6.45, 7) is 5.10. The lowest BCUT2D eigenvalue weighted by molar-refractivity contribution is -0.115. The van der Waals surface area contributed by atoms with Gasteiger partial charge in [-0.05, 0) is 19.2 Å². The largest absolute Gasteiger partial charge is 0.303 e. The predicted octanol–water partition coefficient (Wildman–Crippen LogP) is 2.55. The van der Waals surface area contributed by atoms with Gasteiger partial charge in [0.25, 0.3) is 0 Å². The van der Waals surface area contributed by atoms with Crippen LogP contribution in [0.1, 0.15) is 12.6 Å². The molecule has 0 saturated carbocycles. The number of hydrogen-bond donors (Lipinski definition) is 0. The zero-order valence-electron chi connectivity index (χ0n) is 14.2. The third-order valence-electron chi connectivity index (χ3n) is 3.94. The minimum atomic E-state index is -0.458. The number of hydrazone groups is 1. The van der Waals surface area contributed by atoms with E-state index in [1.54, 1.807) is 24.4 Å². The Morgan fingerprint density at radius 2 is 2.04 bits per heavy atom. The van der Waals surface area contributed by atoms with Gasteiger partial charge in [-0.25, -0.2) is 9.37 Å². The summed E-state index contributed by atoms with van der Waals surface area (Å²) in [5.41, 5.74) is 0.855. The summed E-state index contributed by atoms with van der Waals surface area (Å²) in [5, 5.41) is 8.68. The van der Waals surface area contributed by atoms with Gasteiger partial charge in [-0.15, -0.1) is 11.3 Å². The Morgan fingerprint density at radius 3 is 2.72 bits per heavy atom. The summed E-state index contributed by atoms with van der Waals surface area (Å²) >= 11 is 1.29. The maximum atomic E-state index is 14.1. The number of carbonyl (C=O) groups excluding carboxylic acids is 1. The number of likely N-dealkylation sites (N-methyl/N-ethyl adjacent to an activating group) is 1. The van der Waals surface area contributed by atoms with Crippen LogP contribution in [-0.4, -0.2) is 60.2 Å². The Hall–Kier alpha value is -2.32. The minimum Gasteiger partial charge on any atom is -0.303 e. The molecule has 0 aliphatic carbocycles. The molecule has 6 nitrogen and oxygen atoms in total. The molecule has 1 fully saturated rings. The lowest BCUT2D eigenvalue weighted by atomic mass is 10.3. The number of carbonyl (C=O) groups is 1. The smallest absolute Gasteiger partial charge is 0.230 e. The summed E-state index contributed by atoms with van der Waals surface area (Å²) in [6.07, 6.45) is 1.69. The maximum Gasteiger partial charge on any atom is 0.230 e. The minimum absolute atomic E-state index is 0.201. The van der Waals surface area contributed by atoms with Crippen molar-refractivity contribution in [1.29, 1.82) is 0 Å².